The van der Waals surface area contributed by atoms with Crippen LogP contribution < -0.4 is 10.4 Å². The Balaban J connectivity index is 1.80. The summed E-state index contributed by atoms with van der Waals surface area (Å²) in [4.78, 5) is 4.29. The van der Waals surface area contributed by atoms with Gasteiger partial charge < -0.3 is 0 Å². The first kappa shape index (κ1) is 16.3. The van der Waals surface area contributed by atoms with Gasteiger partial charge in [-0.3, -0.25) is 4.99 Å². The molecule has 0 aliphatic heterocycles. The highest BCUT2D eigenvalue weighted by Crippen LogP contribution is 2.26. The van der Waals surface area contributed by atoms with Gasteiger partial charge in [-0.25, -0.2) is 0 Å². The number of aliphatic imine (C=N–C) groups is 1. The normalized spacial score (nSPS) is 17.3. The summed E-state index contributed by atoms with van der Waals surface area (Å²) >= 11 is 0. The Morgan fingerprint density at radius 2 is 1.73 bits per heavy atom. The van der Waals surface area contributed by atoms with Crippen LogP contribution in [0, 0.1) is 0 Å². The summed E-state index contributed by atoms with van der Waals surface area (Å²) in [5.41, 5.74) is 5.77. The van der Waals surface area contributed by atoms with Crippen molar-refractivity contribution in [3.05, 3.63) is 112 Å². The van der Waals surface area contributed by atoms with E-state index in [0.29, 0.717) is 0 Å². The van der Waals surface area contributed by atoms with Crippen LogP contribution in [0.1, 0.15) is 24.0 Å². The van der Waals surface area contributed by atoms with E-state index in [4.69, 9.17) is 0 Å². The van der Waals surface area contributed by atoms with Crippen LogP contribution in [0.15, 0.2) is 95.6 Å². The predicted molar refractivity (Wildman–Crippen MR) is 112 cm³/mol. The molecule has 0 spiro atoms. The lowest BCUT2D eigenvalue weighted by Crippen LogP contribution is -2.25. The van der Waals surface area contributed by atoms with E-state index in [1.165, 1.54) is 27.1 Å². The van der Waals surface area contributed by atoms with Gasteiger partial charge in [-0.1, -0.05) is 91.1 Å². The zero-order valence-corrected chi connectivity index (χ0v) is 14.7. The zero-order chi connectivity index (χ0) is 17.8. The van der Waals surface area contributed by atoms with Crippen LogP contribution in [0.4, 0.5) is 0 Å². The fourth-order valence-electron chi connectivity index (χ4n) is 3.52. The fraction of sp³-hybridized carbons (Fsp3) is 0.0800. The molecule has 0 atom stereocenters. The minimum Gasteiger partial charge on any atom is -0.264 e. The Morgan fingerprint density at radius 3 is 2.50 bits per heavy atom. The SMILES string of the molecule is C=N/C(=C1/C=CC=CC1)c1ccc(C2=c3ccccc3=CCC=C2)cc1. The third kappa shape index (κ3) is 3.16. The van der Waals surface area contributed by atoms with Crippen molar-refractivity contribution in [1.29, 1.82) is 0 Å². The van der Waals surface area contributed by atoms with E-state index in [9.17, 15) is 0 Å². The van der Waals surface area contributed by atoms with Crippen molar-refractivity contribution in [3.63, 3.8) is 0 Å². The van der Waals surface area contributed by atoms with Crippen molar-refractivity contribution >= 4 is 24.1 Å². The van der Waals surface area contributed by atoms with E-state index in [1.54, 1.807) is 0 Å². The largest absolute Gasteiger partial charge is 0.264 e. The lowest BCUT2D eigenvalue weighted by molar-refractivity contribution is 1.25. The summed E-state index contributed by atoms with van der Waals surface area (Å²) in [6.45, 7) is 3.78. The van der Waals surface area contributed by atoms with Gasteiger partial charge >= 0.3 is 0 Å². The molecule has 1 heteroatoms. The smallest absolute Gasteiger partial charge is 0.0729 e. The number of hydrogen-bond donors (Lipinski definition) is 0. The van der Waals surface area contributed by atoms with Crippen molar-refractivity contribution in [2.45, 2.75) is 12.8 Å². The summed E-state index contributed by atoms with van der Waals surface area (Å²) in [5, 5.41) is 2.58. The molecule has 0 heterocycles. The number of nitrogens with zero attached hydrogens (tertiary/aromatic N) is 1. The monoisotopic (exact) mass is 335 g/mol. The minimum atomic E-state index is 0.899. The topological polar surface area (TPSA) is 12.4 Å². The van der Waals surface area contributed by atoms with Gasteiger partial charge in [0, 0.05) is 5.56 Å². The first-order chi connectivity index (χ1) is 12.9. The van der Waals surface area contributed by atoms with E-state index in [0.717, 1.165) is 24.1 Å². The molecular formula is C25H21N. The van der Waals surface area contributed by atoms with E-state index in [-0.39, 0.29) is 0 Å². The van der Waals surface area contributed by atoms with Gasteiger partial charge in [0.1, 0.15) is 0 Å². The van der Waals surface area contributed by atoms with Crippen LogP contribution in [-0.4, -0.2) is 6.72 Å². The quantitative estimate of drug-likeness (QED) is 0.730. The van der Waals surface area contributed by atoms with Gasteiger partial charge in [-0.15, -0.1) is 0 Å². The molecule has 1 nitrogen and oxygen atoms in total. The molecule has 0 radical (unpaired) electrons. The molecule has 0 N–H and O–H groups in total. The molecule has 4 rings (SSSR count). The Hall–Kier alpha value is -3.19. The van der Waals surface area contributed by atoms with Gasteiger partial charge in [0.25, 0.3) is 0 Å². The maximum absolute atomic E-state index is 4.29. The first-order valence-electron chi connectivity index (χ1n) is 8.97. The zero-order valence-electron chi connectivity index (χ0n) is 14.7. The van der Waals surface area contributed by atoms with Gasteiger partial charge in [0.15, 0.2) is 0 Å². The molecule has 2 aromatic rings. The molecule has 0 fully saturated rings. The van der Waals surface area contributed by atoms with E-state index in [1.807, 2.05) is 0 Å². The van der Waals surface area contributed by atoms with Crippen molar-refractivity contribution in [1.82, 2.24) is 0 Å². The molecule has 0 bridgehead atoms. The molecule has 0 saturated carbocycles. The molecule has 0 aromatic heterocycles. The van der Waals surface area contributed by atoms with Gasteiger partial charge in [-0.2, -0.15) is 0 Å². The van der Waals surface area contributed by atoms with Crippen LogP contribution in [0.2, 0.25) is 0 Å². The highest BCUT2D eigenvalue weighted by molar-refractivity contribution is 5.78. The van der Waals surface area contributed by atoms with E-state index >= 15 is 0 Å². The molecule has 0 saturated heterocycles. The second kappa shape index (κ2) is 7.37. The van der Waals surface area contributed by atoms with Gasteiger partial charge in [-0.05, 0) is 46.7 Å². The third-order valence-corrected chi connectivity index (χ3v) is 4.82. The van der Waals surface area contributed by atoms with E-state index < -0.39 is 0 Å². The van der Waals surface area contributed by atoms with E-state index in [2.05, 4.69) is 103 Å². The molecule has 2 aliphatic carbocycles. The van der Waals surface area contributed by atoms with Crippen LogP contribution >= 0.6 is 0 Å². The second-order valence-electron chi connectivity index (χ2n) is 6.44. The number of allylic oxidation sites excluding steroid dienone is 7. The summed E-state index contributed by atoms with van der Waals surface area (Å²) in [6.07, 6.45) is 17.0. The highest BCUT2D eigenvalue weighted by atomic mass is 14.7. The molecule has 26 heavy (non-hydrogen) atoms. The van der Waals surface area contributed by atoms with Crippen molar-refractivity contribution < 1.29 is 0 Å². The van der Waals surface area contributed by atoms with Crippen LogP contribution in [0.3, 0.4) is 0 Å². The standard InChI is InChI=1S/C25H21N/c1-26-25(21-11-3-2-4-12-21)22-17-15-20(16-18-22)24-14-8-6-10-19-9-5-7-13-23(19)24/h2-5,7-11,13-18H,1,6,12H2/b25-21-. The van der Waals surface area contributed by atoms with Gasteiger partial charge in [0.2, 0.25) is 0 Å². The fourth-order valence-corrected chi connectivity index (χ4v) is 3.52. The number of benzene rings is 2. The molecule has 0 unspecified atom stereocenters. The number of rotatable bonds is 3. The van der Waals surface area contributed by atoms with Crippen LogP contribution in [0.5, 0.6) is 0 Å². The van der Waals surface area contributed by atoms with Crippen molar-refractivity contribution in [2.24, 2.45) is 4.99 Å². The minimum absolute atomic E-state index is 0.899. The number of fused-ring (bicyclic) bond motifs is 1. The molecule has 0 amide bonds. The lowest BCUT2D eigenvalue weighted by Gasteiger charge is -2.10. The van der Waals surface area contributed by atoms with Gasteiger partial charge in [0.05, 0.1) is 5.70 Å². The van der Waals surface area contributed by atoms with Crippen molar-refractivity contribution in [3.8, 4) is 0 Å². The van der Waals surface area contributed by atoms with Crippen LogP contribution in [0.25, 0.3) is 17.3 Å². The third-order valence-electron chi connectivity index (χ3n) is 4.82. The first-order valence-corrected chi connectivity index (χ1v) is 8.97. The summed E-state index contributed by atoms with van der Waals surface area (Å²) < 4.78 is 0. The second-order valence-corrected chi connectivity index (χ2v) is 6.44. The Kier molecular flexibility index (Phi) is 4.61. The molecule has 126 valence electrons. The summed E-state index contributed by atoms with van der Waals surface area (Å²) in [5.74, 6) is 0. The number of hydrogen-bond acceptors (Lipinski definition) is 1. The molecule has 2 aromatic carbocycles. The highest BCUT2D eigenvalue weighted by Gasteiger charge is 2.08. The summed E-state index contributed by atoms with van der Waals surface area (Å²) in [6, 6.07) is 17.3. The Labute approximate surface area is 154 Å². The average Bonchev–Trinajstić information content (AvgIpc) is 2.93. The maximum Gasteiger partial charge on any atom is 0.0729 e. The maximum atomic E-state index is 4.29. The summed E-state index contributed by atoms with van der Waals surface area (Å²) in [7, 11) is 0. The molecule has 2 aliphatic rings. The van der Waals surface area contributed by atoms with Crippen LogP contribution in [-0.2, 0) is 0 Å². The molecular weight excluding hydrogens is 314 g/mol. The average molecular weight is 335 g/mol. The van der Waals surface area contributed by atoms with Crippen molar-refractivity contribution in [2.75, 3.05) is 0 Å². The lowest BCUT2D eigenvalue weighted by atomic mass is 9.97. The Morgan fingerprint density at radius 1 is 0.885 bits per heavy atom. The predicted octanol–water partition coefficient (Wildman–Crippen LogP) is 4.55. The Bertz CT molecular complexity index is 1070.